The number of hydrogen-bond donors (Lipinski definition) is 1. The Morgan fingerprint density at radius 2 is 2.19 bits per heavy atom. The monoisotopic (exact) mass is 394 g/mol. The third-order valence-electron chi connectivity index (χ3n) is 4.77. The Morgan fingerprint density at radius 1 is 1.41 bits per heavy atom. The minimum atomic E-state index is -3.70. The van der Waals surface area contributed by atoms with Crippen LogP contribution in [0.3, 0.4) is 0 Å². The van der Waals surface area contributed by atoms with Gasteiger partial charge in [-0.25, -0.2) is 13.4 Å². The van der Waals surface area contributed by atoms with Crippen LogP contribution in [-0.2, 0) is 21.4 Å². The second kappa shape index (κ2) is 7.85. The fourth-order valence-electron chi connectivity index (χ4n) is 3.14. The molecule has 148 valence electrons. The Morgan fingerprint density at radius 3 is 2.81 bits per heavy atom. The van der Waals surface area contributed by atoms with Gasteiger partial charge in [-0.15, -0.1) is 0 Å². The third-order valence-corrected chi connectivity index (χ3v) is 6.52. The SMILES string of the molecule is Cc1ccc(CNC(=O)C2CCCN(S(=O)(=O)c3cn(C(C)C)cn3)C2)o1. The molecular weight excluding hydrogens is 368 g/mol. The number of nitrogens with zero attached hydrogens (tertiary/aromatic N) is 3. The first-order valence-electron chi connectivity index (χ1n) is 9.14. The summed E-state index contributed by atoms with van der Waals surface area (Å²) in [5, 5.41) is 2.87. The lowest BCUT2D eigenvalue weighted by atomic mass is 9.99. The van der Waals surface area contributed by atoms with E-state index in [2.05, 4.69) is 10.3 Å². The molecule has 1 saturated heterocycles. The van der Waals surface area contributed by atoms with Crippen LogP contribution in [0.4, 0.5) is 0 Å². The number of carbonyl (C=O) groups is 1. The Kier molecular flexibility index (Phi) is 5.71. The quantitative estimate of drug-likeness (QED) is 0.809. The average molecular weight is 394 g/mol. The topological polar surface area (TPSA) is 97.4 Å². The molecule has 1 aliphatic rings. The summed E-state index contributed by atoms with van der Waals surface area (Å²) in [4.78, 5) is 16.5. The largest absolute Gasteiger partial charge is 0.465 e. The lowest BCUT2D eigenvalue weighted by Gasteiger charge is -2.30. The molecule has 9 heteroatoms. The number of imidazole rings is 1. The fourth-order valence-corrected chi connectivity index (χ4v) is 4.58. The van der Waals surface area contributed by atoms with Crippen LogP contribution in [0, 0.1) is 12.8 Å². The molecule has 0 radical (unpaired) electrons. The second-order valence-electron chi connectivity index (χ2n) is 7.19. The lowest BCUT2D eigenvalue weighted by molar-refractivity contribution is -0.126. The number of furan rings is 1. The summed E-state index contributed by atoms with van der Waals surface area (Å²) >= 11 is 0. The van der Waals surface area contributed by atoms with Crippen molar-refractivity contribution in [3.05, 3.63) is 36.2 Å². The molecule has 0 aliphatic carbocycles. The molecule has 0 spiro atoms. The van der Waals surface area contributed by atoms with E-state index in [0.717, 1.165) is 5.76 Å². The first-order chi connectivity index (χ1) is 12.8. The predicted molar refractivity (Wildman–Crippen MR) is 99.4 cm³/mol. The molecule has 1 amide bonds. The Hall–Kier alpha value is -2.13. The van der Waals surface area contributed by atoms with Crippen LogP contribution in [0.1, 0.15) is 44.3 Å². The van der Waals surface area contributed by atoms with Gasteiger partial charge in [0.1, 0.15) is 11.5 Å². The molecule has 3 rings (SSSR count). The molecule has 0 bridgehead atoms. The molecule has 1 aliphatic heterocycles. The number of carbonyl (C=O) groups excluding carboxylic acids is 1. The van der Waals surface area contributed by atoms with E-state index < -0.39 is 10.0 Å². The molecule has 0 aromatic carbocycles. The summed E-state index contributed by atoms with van der Waals surface area (Å²) < 4.78 is 34.3. The van der Waals surface area contributed by atoms with E-state index >= 15 is 0 Å². The van der Waals surface area contributed by atoms with Gasteiger partial charge >= 0.3 is 0 Å². The summed E-state index contributed by atoms with van der Waals surface area (Å²) in [7, 11) is -3.70. The van der Waals surface area contributed by atoms with Gasteiger partial charge in [-0.05, 0) is 45.7 Å². The van der Waals surface area contributed by atoms with Crippen molar-refractivity contribution in [3.63, 3.8) is 0 Å². The minimum absolute atomic E-state index is 0.0309. The molecule has 0 saturated carbocycles. The molecule has 1 atom stereocenters. The number of hydrogen-bond acceptors (Lipinski definition) is 5. The minimum Gasteiger partial charge on any atom is -0.465 e. The fraction of sp³-hybridized carbons (Fsp3) is 0.556. The van der Waals surface area contributed by atoms with E-state index in [1.165, 1.54) is 10.6 Å². The van der Waals surface area contributed by atoms with E-state index in [4.69, 9.17) is 4.42 Å². The summed E-state index contributed by atoms with van der Waals surface area (Å²) in [6.07, 6.45) is 4.37. The smallest absolute Gasteiger partial charge is 0.262 e. The number of amides is 1. The van der Waals surface area contributed by atoms with Crippen molar-refractivity contribution in [1.82, 2.24) is 19.2 Å². The number of aromatic nitrogens is 2. The van der Waals surface area contributed by atoms with Crippen LogP contribution in [0.15, 0.2) is 34.1 Å². The normalized spacial score (nSPS) is 18.7. The Balaban J connectivity index is 1.64. The summed E-state index contributed by atoms with van der Waals surface area (Å²) in [5.41, 5.74) is 0. The van der Waals surface area contributed by atoms with Crippen LogP contribution < -0.4 is 5.32 Å². The van der Waals surface area contributed by atoms with Gasteiger partial charge in [-0.2, -0.15) is 4.31 Å². The molecule has 1 N–H and O–H groups in total. The van der Waals surface area contributed by atoms with Crippen LogP contribution in [-0.4, -0.2) is 41.3 Å². The van der Waals surface area contributed by atoms with Crippen LogP contribution in [0.2, 0.25) is 0 Å². The van der Waals surface area contributed by atoms with Crippen molar-refractivity contribution >= 4 is 15.9 Å². The second-order valence-corrected chi connectivity index (χ2v) is 9.07. The predicted octanol–water partition coefficient (Wildman–Crippen LogP) is 2.08. The first-order valence-corrected chi connectivity index (χ1v) is 10.6. The van der Waals surface area contributed by atoms with Crippen molar-refractivity contribution in [2.75, 3.05) is 13.1 Å². The van der Waals surface area contributed by atoms with Crippen molar-refractivity contribution < 1.29 is 17.6 Å². The van der Waals surface area contributed by atoms with Gasteiger partial charge in [0.2, 0.25) is 5.91 Å². The highest BCUT2D eigenvalue weighted by molar-refractivity contribution is 7.89. The van der Waals surface area contributed by atoms with E-state index in [0.29, 0.717) is 31.7 Å². The van der Waals surface area contributed by atoms with Gasteiger partial charge in [0, 0.05) is 25.3 Å². The van der Waals surface area contributed by atoms with E-state index in [1.54, 1.807) is 10.8 Å². The highest BCUT2D eigenvalue weighted by Crippen LogP contribution is 2.24. The summed E-state index contributed by atoms with van der Waals surface area (Å²) in [5.74, 6) is 0.934. The highest BCUT2D eigenvalue weighted by atomic mass is 32.2. The Bertz CT molecular complexity index is 900. The molecule has 1 fully saturated rings. The summed E-state index contributed by atoms with van der Waals surface area (Å²) in [6, 6.07) is 3.79. The number of piperidine rings is 1. The molecule has 2 aromatic heterocycles. The number of aryl methyl sites for hydroxylation is 1. The number of sulfonamides is 1. The number of rotatable bonds is 6. The number of nitrogens with one attached hydrogen (secondary N) is 1. The summed E-state index contributed by atoms with van der Waals surface area (Å²) in [6.45, 7) is 6.63. The molecule has 3 heterocycles. The Labute approximate surface area is 159 Å². The maximum absolute atomic E-state index is 12.9. The van der Waals surface area contributed by atoms with Gasteiger partial charge in [0.25, 0.3) is 10.0 Å². The zero-order valence-corrected chi connectivity index (χ0v) is 16.7. The molecular formula is C18H26N4O4S. The van der Waals surface area contributed by atoms with Gasteiger partial charge < -0.3 is 14.3 Å². The molecule has 27 heavy (non-hydrogen) atoms. The lowest BCUT2D eigenvalue weighted by Crippen LogP contribution is -2.45. The first kappa shape index (κ1) is 19.6. The van der Waals surface area contributed by atoms with Crippen LogP contribution >= 0.6 is 0 Å². The maximum Gasteiger partial charge on any atom is 0.262 e. The molecule has 8 nitrogen and oxygen atoms in total. The third kappa shape index (κ3) is 4.41. The van der Waals surface area contributed by atoms with Crippen molar-refractivity contribution in [1.29, 1.82) is 0 Å². The van der Waals surface area contributed by atoms with E-state index in [-0.39, 0.29) is 29.4 Å². The van der Waals surface area contributed by atoms with Crippen molar-refractivity contribution in [2.45, 2.75) is 51.2 Å². The van der Waals surface area contributed by atoms with E-state index in [1.807, 2.05) is 32.9 Å². The van der Waals surface area contributed by atoms with Crippen molar-refractivity contribution in [3.8, 4) is 0 Å². The van der Waals surface area contributed by atoms with Gasteiger partial charge in [0.15, 0.2) is 5.03 Å². The zero-order chi connectivity index (χ0) is 19.6. The van der Waals surface area contributed by atoms with Crippen LogP contribution in [0.5, 0.6) is 0 Å². The highest BCUT2D eigenvalue weighted by Gasteiger charge is 2.34. The molecule has 2 aromatic rings. The van der Waals surface area contributed by atoms with Crippen LogP contribution in [0.25, 0.3) is 0 Å². The van der Waals surface area contributed by atoms with Gasteiger partial charge in [-0.3, -0.25) is 4.79 Å². The average Bonchev–Trinajstić information content (AvgIpc) is 3.29. The van der Waals surface area contributed by atoms with Gasteiger partial charge in [0.05, 0.1) is 18.8 Å². The van der Waals surface area contributed by atoms with Crippen molar-refractivity contribution in [2.24, 2.45) is 5.92 Å². The van der Waals surface area contributed by atoms with E-state index in [9.17, 15) is 13.2 Å². The maximum atomic E-state index is 12.9. The zero-order valence-electron chi connectivity index (χ0n) is 15.9. The standard InChI is InChI=1S/C18H26N4O4S/c1-13(2)21-11-17(20-12-21)27(24,25)22-8-4-5-15(10-22)18(23)19-9-16-7-6-14(3)26-16/h6-7,11-13,15H,4-5,8-10H2,1-3H3,(H,19,23). The van der Waals surface area contributed by atoms with Gasteiger partial charge in [-0.1, -0.05) is 0 Å². The molecule has 1 unspecified atom stereocenters.